The van der Waals surface area contributed by atoms with Gasteiger partial charge in [-0.25, -0.2) is 4.39 Å². The molecule has 34 heavy (non-hydrogen) atoms. The summed E-state index contributed by atoms with van der Waals surface area (Å²) < 4.78 is 16.4. The molecule has 6 heteroatoms. The number of Topliss-reactive ketones (excluding diaryl/α,β-unsaturated/α-hetero) is 1. The van der Waals surface area contributed by atoms with Gasteiger partial charge in [-0.2, -0.15) is 5.26 Å². The number of nitrogens with zero attached hydrogens (tertiary/aromatic N) is 2. The lowest BCUT2D eigenvalue weighted by Crippen LogP contribution is -2.21. The number of benzene rings is 2. The summed E-state index contributed by atoms with van der Waals surface area (Å²) >= 11 is 0. The van der Waals surface area contributed by atoms with Crippen LogP contribution in [0.3, 0.4) is 0 Å². The molecule has 0 bridgehead atoms. The lowest BCUT2D eigenvalue weighted by atomic mass is 9.93. The normalized spacial score (nSPS) is 18.3. The van der Waals surface area contributed by atoms with Crippen molar-refractivity contribution in [1.29, 1.82) is 5.26 Å². The summed E-state index contributed by atoms with van der Waals surface area (Å²) in [7, 11) is 0. The second-order valence-electron chi connectivity index (χ2n) is 9.17. The number of rotatable bonds is 6. The van der Waals surface area contributed by atoms with Crippen LogP contribution in [-0.4, -0.2) is 28.1 Å². The van der Waals surface area contributed by atoms with E-state index in [0.29, 0.717) is 16.8 Å². The summed E-state index contributed by atoms with van der Waals surface area (Å²) in [6.07, 6.45) is 4.18. The van der Waals surface area contributed by atoms with E-state index in [0.717, 1.165) is 48.9 Å². The standard InChI is InChI=1S/C28H30FN3O2/c1-18-5-7-19(8-6-18)27-24(21-9-10-22(17-30)25(29)15-21)16-26(32(27)13-14-33)28(34)20-3-2-4-23(31)12-11-20/h5-10,15-16,20,23,33H,2-4,11-14,31H2,1H3/t20?,23-/m1/s1. The second kappa shape index (κ2) is 10.3. The van der Waals surface area contributed by atoms with Gasteiger partial charge in [0.15, 0.2) is 5.78 Å². The Hall–Kier alpha value is -3.27. The lowest BCUT2D eigenvalue weighted by molar-refractivity contribution is 0.0897. The van der Waals surface area contributed by atoms with Crippen molar-refractivity contribution < 1.29 is 14.3 Å². The van der Waals surface area contributed by atoms with Gasteiger partial charge in [-0.3, -0.25) is 4.79 Å². The van der Waals surface area contributed by atoms with E-state index in [-0.39, 0.29) is 36.5 Å². The van der Waals surface area contributed by atoms with Crippen LogP contribution in [-0.2, 0) is 6.54 Å². The number of nitrogens with two attached hydrogens (primary N) is 1. The number of aliphatic hydroxyl groups excluding tert-OH is 1. The van der Waals surface area contributed by atoms with E-state index in [9.17, 15) is 14.3 Å². The van der Waals surface area contributed by atoms with Gasteiger partial charge in [0, 0.05) is 24.1 Å². The zero-order valence-corrected chi connectivity index (χ0v) is 19.4. The van der Waals surface area contributed by atoms with Crippen molar-refractivity contribution in [2.45, 2.75) is 51.6 Å². The van der Waals surface area contributed by atoms with Crippen molar-refractivity contribution >= 4 is 5.78 Å². The zero-order chi connectivity index (χ0) is 24.2. The van der Waals surface area contributed by atoms with Crippen molar-refractivity contribution in [2.75, 3.05) is 6.61 Å². The lowest BCUT2D eigenvalue weighted by Gasteiger charge is -2.17. The minimum absolute atomic E-state index is 0.0264. The van der Waals surface area contributed by atoms with Crippen LogP contribution in [0.5, 0.6) is 0 Å². The third-order valence-corrected chi connectivity index (χ3v) is 6.78. The fraction of sp³-hybridized carbons (Fsp3) is 0.357. The van der Waals surface area contributed by atoms with Crippen LogP contribution in [0.2, 0.25) is 0 Å². The van der Waals surface area contributed by atoms with Crippen LogP contribution in [0.25, 0.3) is 22.4 Å². The molecule has 0 aliphatic heterocycles. The molecule has 3 aromatic rings. The highest BCUT2D eigenvalue weighted by molar-refractivity contribution is 6.00. The molecular formula is C28H30FN3O2. The molecule has 2 atom stereocenters. The fourth-order valence-electron chi connectivity index (χ4n) is 4.90. The van der Waals surface area contributed by atoms with Crippen LogP contribution in [0.15, 0.2) is 48.5 Å². The molecule has 0 radical (unpaired) electrons. The number of aryl methyl sites for hydroxylation is 1. The number of hydrogen-bond donors (Lipinski definition) is 2. The van der Waals surface area contributed by atoms with E-state index in [1.165, 1.54) is 12.1 Å². The van der Waals surface area contributed by atoms with E-state index < -0.39 is 5.82 Å². The van der Waals surface area contributed by atoms with Gasteiger partial charge in [0.05, 0.1) is 23.6 Å². The van der Waals surface area contributed by atoms with Crippen LogP contribution >= 0.6 is 0 Å². The van der Waals surface area contributed by atoms with Crippen molar-refractivity contribution in [2.24, 2.45) is 11.7 Å². The average molecular weight is 460 g/mol. The maximum absolute atomic E-state index is 14.6. The first kappa shape index (κ1) is 23.9. The molecule has 1 aliphatic carbocycles. The van der Waals surface area contributed by atoms with Gasteiger partial charge in [-0.15, -0.1) is 0 Å². The zero-order valence-electron chi connectivity index (χ0n) is 19.4. The molecule has 1 heterocycles. The van der Waals surface area contributed by atoms with Gasteiger partial charge in [0.25, 0.3) is 0 Å². The monoisotopic (exact) mass is 459 g/mol. The van der Waals surface area contributed by atoms with Gasteiger partial charge >= 0.3 is 0 Å². The number of ketones is 1. The Bertz CT molecular complexity index is 1220. The van der Waals surface area contributed by atoms with Gasteiger partial charge < -0.3 is 15.4 Å². The molecule has 1 fully saturated rings. The number of hydrogen-bond acceptors (Lipinski definition) is 4. The molecule has 4 rings (SSSR count). The first-order valence-electron chi connectivity index (χ1n) is 11.8. The minimum atomic E-state index is -0.601. The minimum Gasteiger partial charge on any atom is -0.395 e. The fourth-order valence-corrected chi connectivity index (χ4v) is 4.90. The Kier molecular flexibility index (Phi) is 7.26. The van der Waals surface area contributed by atoms with Gasteiger partial charge in [0.1, 0.15) is 11.9 Å². The molecule has 176 valence electrons. The largest absolute Gasteiger partial charge is 0.395 e. The Labute approximate surface area is 199 Å². The third kappa shape index (κ3) is 4.82. The Morgan fingerprint density at radius 3 is 2.53 bits per heavy atom. The quantitative estimate of drug-likeness (QED) is 0.390. The molecule has 1 aliphatic rings. The molecule has 5 nitrogen and oxygen atoms in total. The molecular weight excluding hydrogens is 429 g/mol. The molecule has 0 spiro atoms. The van der Waals surface area contributed by atoms with E-state index in [2.05, 4.69) is 0 Å². The summed E-state index contributed by atoms with van der Waals surface area (Å²) in [5, 5.41) is 19.0. The summed E-state index contributed by atoms with van der Waals surface area (Å²) in [4.78, 5) is 13.7. The summed E-state index contributed by atoms with van der Waals surface area (Å²) in [5.41, 5.74) is 10.6. The Balaban J connectivity index is 1.89. The van der Waals surface area contributed by atoms with Crippen molar-refractivity contribution in [3.05, 3.63) is 71.2 Å². The average Bonchev–Trinajstić information content (AvgIpc) is 3.06. The van der Waals surface area contributed by atoms with Crippen LogP contribution in [0.1, 0.15) is 53.7 Å². The Morgan fingerprint density at radius 1 is 1.12 bits per heavy atom. The summed E-state index contributed by atoms with van der Waals surface area (Å²) in [5.74, 6) is -0.691. The van der Waals surface area contributed by atoms with E-state index >= 15 is 0 Å². The van der Waals surface area contributed by atoms with Crippen molar-refractivity contribution in [3.8, 4) is 28.5 Å². The maximum Gasteiger partial charge on any atom is 0.182 e. The number of nitriles is 1. The number of halogens is 1. The van der Waals surface area contributed by atoms with Gasteiger partial charge in [-0.05, 0) is 61.9 Å². The predicted molar refractivity (Wildman–Crippen MR) is 131 cm³/mol. The van der Waals surface area contributed by atoms with Crippen molar-refractivity contribution in [3.63, 3.8) is 0 Å². The number of aromatic nitrogens is 1. The van der Waals surface area contributed by atoms with Crippen LogP contribution < -0.4 is 5.73 Å². The van der Waals surface area contributed by atoms with Crippen LogP contribution in [0.4, 0.5) is 4.39 Å². The molecule has 1 aromatic heterocycles. The first-order chi connectivity index (χ1) is 16.4. The summed E-state index contributed by atoms with van der Waals surface area (Å²) in [6, 6.07) is 16.2. The molecule has 1 saturated carbocycles. The number of carbonyl (C=O) groups excluding carboxylic acids is 1. The topological polar surface area (TPSA) is 92.0 Å². The highest BCUT2D eigenvalue weighted by atomic mass is 19.1. The van der Waals surface area contributed by atoms with Crippen LogP contribution in [0, 0.1) is 30.0 Å². The number of carbonyl (C=O) groups is 1. The molecule has 1 unspecified atom stereocenters. The highest BCUT2D eigenvalue weighted by Crippen LogP contribution is 2.38. The molecule has 2 aromatic carbocycles. The molecule has 3 N–H and O–H groups in total. The first-order valence-corrected chi connectivity index (χ1v) is 11.8. The molecule has 0 saturated heterocycles. The van der Waals surface area contributed by atoms with Crippen molar-refractivity contribution in [1.82, 2.24) is 4.57 Å². The third-order valence-electron chi connectivity index (χ3n) is 6.78. The highest BCUT2D eigenvalue weighted by Gasteiger charge is 2.29. The second-order valence-corrected chi connectivity index (χ2v) is 9.17. The molecule has 0 amide bonds. The summed E-state index contributed by atoms with van der Waals surface area (Å²) in [6.45, 7) is 2.11. The van der Waals surface area contributed by atoms with E-state index in [4.69, 9.17) is 11.0 Å². The maximum atomic E-state index is 14.6. The number of aliphatic hydroxyl groups is 1. The SMILES string of the molecule is Cc1ccc(-c2c(-c3ccc(C#N)c(F)c3)cc(C(=O)C3CCC[C@@H](N)CC3)n2CCO)cc1. The van der Waals surface area contributed by atoms with Gasteiger partial charge in [-0.1, -0.05) is 42.3 Å². The predicted octanol–water partition coefficient (Wildman–Crippen LogP) is 5.22. The smallest absolute Gasteiger partial charge is 0.182 e. The van der Waals surface area contributed by atoms with Gasteiger partial charge in [0.2, 0.25) is 0 Å². The van der Waals surface area contributed by atoms with E-state index in [1.54, 1.807) is 6.07 Å². The van der Waals surface area contributed by atoms with E-state index in [1.807, 2.05) is 47.9 Å². The Morgan fingerprint density at radius 2 is 1.85 bits per heavy atom.